The number of likely N-dealkylation sites (tertiary alicyclic amines) is 1. The summed E-state index contributed by atoms with van der Waals surface area (Å²) in [6, 6.07) is 21.4. The van der Waals surface area contributed by atoms with E-state index < -0.39 is 0 Å². The van der Waals surface area contributed by atoms with Crippen LogP contribution in [-0.2, 0) is 6.54 Å². The number of ether oxygens (including phenoxy) is 1. The predicted octanol–water partition coefficient (Wildman–Crippen LogP) is 6.51. The molecule has 3 aromatic carbocycles. The summed E-state index contributed by atoms with van der Waals surface area (Å²) in [6.45, 7) is 6.19. The first-order valence-electron chi connectivity index (χ1n) is 12.7. The summed E-state index contributed by atoms with van der Waals surface area (Å²) in [5, 5.41) is 1.31. The van der Waals surface area contributed by atoms with Crippen molar-refractivity contribution in [2.45, 2.75) is 32.7 Å². The molecule has 1 aromatic heterocycles. The molecule has 36 heavy (non-hydrogen) atoms. The normalized spacial score (nSPS) is 16.4. The molecule has 1 atom stereocenters. The van der Waals surface area contributed by atoms with Crippen molar-refractivity contribution in [3.05, 3.63) is 82.1 Å². The van der Waals surface area contributed by atoms with Crippen molar-refractivity contribution in [1.29, 1.82) is 0 Å². The van der Waals surface area contributed by atoms with Gasteiger partial charge in [-0.2, -0.15) is 0 Å². The van der Waals surface area contributed by atoms with Gasteiger partial charge in [0.1, 0.15) is 11.6 Å². The van der Waals surface area contributed by atoms with Crippen molar-refractivity contribution >= 4 is 22.5 Å². The van der Waals surface area contributed by atoms with Gasteiger partial charge in [-0.25, -0.2) is 4.98 Å². The molecule has 1 aliphatic heterocycles. The summed E-state index contributed by atoms with van der Waals surface area (Å²) in [4.78, 5) is 21.5. The van der Waals surface area contributed by atoms with Crippen molar-refractivity contribution in [2.24, 2.45) is 5.92 Å². The maximum absolute atomic E-state index is 14.0. The zero-order valence-corrected chi connectivity index (χ0v) is 21.7. The van der Waals surface area contributed by atoms with Gasteiger partial charge >= 0.3 is 0 Å². The van der Waals surface area contributed by atoms with Gasteiger partial charge in [-0.1, -0.05) is 48.9 Å². The molecular weight excluding hydrogens is 470 g/mol. The Kier molecular flexibility index (Phi) is 7.40. The fourth-order valence-electron chi connectivity index (χ4n) is 5.27. The highest BCUT2D eigenvalue weighted by Gasteiger charge is 2.21. The van der Waals surface area contributed by atoms with Gasteiger partial charge in [0.25, 0.3) is 5.56 Å². The minimum Gasteiger partial charge on any atom is -0.496 e. The van der Waals surface area contributed by atoms with Crippen LogP contribution in [0.3, 0.4) is 0 Å². The van der Waals surface area contributed by atoms with E-state index in [2.05, 4.69) is 11.8 Å². The van der Waals surface area contributed by atoms with Gasteiger partial charge in [0.2, 0.25) is 0 Å². The Labute approximate surface area is 217 Å². The van der Waals surface area contributed by atoms with Gasteiger partial charge in [0.15, 0.2) is 0 Å². The molecule has 1 fully saturated rings. The molecular formula is C30H32ClN3O2. The Hall–Kier alpha value is -3.15. The monoisotopic (exact) mass is 501 g/mol. The molecule has 2 heterocycles. The molecule has 1 aliphatic rings. The van der Waals surface area contributed by atoms with Crippen LogP contribution < -0.4 is 10.3 Å². The van der Waals surface area contributed by atoms with Crippen molar-refractivity contribution in [3.63, 3.8) is 0 Å². The second kappa shape index (κ2) is 10.9. The van der Waals surface area contributed by atoms with Crippen molar-refractivity contribution in [1.82, 2.24) is 14.5 Å². The van der Waals surface area contributed by atoms with Crippen LogP contribution in [0.2, 0.25) is 5.02 Å². The Morgan fingerprint density at radius 1 is 1.06 bits per heavy atom. The maximum atomic E-state index is 14.0. The first-order valence-corrected chi connectivity index (χ1v) is 13.1. The van der Waals surface area contributed by atoms with Gasteiger partial charge in [-0.15, -0.1) is 0 Å². The summed E-state index contributed by atoms with van der Waals surface area (Å²) in [5.74, 6) is 1.95. The number of fused-ring (bicyclic) bond motifs is 1. The molecule has 0 amide bonds. The molecule has 1 unspecified atom stereocenters. The molecule has 1 saturated heterocycles. The average Bonchev–Trinajstić information content (AvgIpc) is 2.92. The molecule has 5 nitrogen and oxygen atoms in total. The molecule has 6 heteroatoms. The molecule has 0 saturated carbocycles. The Morgan fingerprint density at radius 3 is 2.61 bits per heavy atom. The number of hydrogen-bond acceptors (Lipinski definition) is 4. The van der Waals surface area contributed by atoms with E-state index in [0.717, 1.165) is 36.2 Å². The first-order chi connectivity index (χ1) is 17.6. The van der Waals surface area contributed by atoms with Crippen molar-refractivity contribution < 1.29 is 4.74 Å². The Bertz CT molecular complexity index is 1410. The van der Waals surface area contributed by atoms with E-state index in [1.54, 1.807) is 7.11 Å². The van der Waals surface area contributed by atoms with E-state index in [9.17, 15) is 4.79 Å². The number of benzene rings is 3. The second-order valence-corrected chi connectivity index (χ2v) is 9.96. The Balaban J connectivity index is 1.60. The van der Waals surface area contributed by atoms with Crippen LogP contribution in [0.15, 0.2) is 71.5 Å². The maximum Gasteiger partial charge on any atom is 0.261 e. The lowest BCUT2D eigenvalue weighted by Gasteiger charge is -2.32. The zero-order chi connectivity index (χ0) is 25.1. The van der Waals surface area contributed by atoms with E-state index in [1.165, 1.54) is 19.4 Å². The van der Waals surface area contributed by atoms with Crippen LogP contribution in [0.1, 0.15) is 26.2 Å². The third-order valence-electron chi connectivity index (χ3n) is 7.29. The summed E-state index contributed by atoms with van der Waals surface area (Å²) in [5.41, 5.74) is 3.49. The average molecular weight is 502 g/mol. The van der Waals surface area contributed by atoms with E-state index in [-0.39, 0.29) is 5.56 Å². The predicted molar refractivity (Wildman–Crippen MR) is 148 cm³/mol. The van der Waals surface area contributed by atoms with E-state index in [0.29, 0.717) is 40.0 Å². The van der Waals surface area contributed by atoms with Crippen LogP contribution in [0.5, 0.6) is 5.75 Å². The summed E-state index contributed by atoms with van der Waals surface area (Å²) < 4.78 is 7.50. The molecule has 0 aliphatic carbocycles. The van der Waals surface area contributed by atoms with Gasteiger partial charge in [-0.05, 0) is 85.8 Å². The third kappa shape index (κ3) is 5.04. The highest BCUT2D eigenvalue weighted by atomic mass is 35.5. The van der Waals surface area contributed by atoms with Gasteiger partial charge in [-0.3, -0.25) is 9.36 Å². The number of methoxy groups -OCH3 is 1. The smallest absolute Gasteiger partial charge is 0.261 e. The van der Waals surface area contributed by atoms with Gasteiger partial charge < -0.3 is 9.64 Å². The lowest BCUT2D eigenvalue weighted by Crippen LogP contribution is -2.36. The second-order valence-electron chi connectivity index (χ2n) is 9.52. The number of hydrogen-bond donors (Lipinski definition) is 0. The first kappa shape index (κ1) is 24.5. The minimum atomic E-state index is -0.0140. The quantitative estimate of drug-likeness (QED) is 0.289. The van der Waals surface area contributed by atoms with Crippen LogP contribution in [0, 0.1) is 5.92 Å². The van der Waals surface area contributed by atoms with Gasteiger partial charge in [0, 0.05) is 18.1 Å². The standard InChI is InChI=1S/C30H32ClN3O2/c1-3-33-17-6-7-21(20-33)16-18-34-29(25-8-4-5-9-28(25)36-2)32-27-15-12-23(19-26(27)30(34)35)22-10-13-24(31)14-11-22/h4-5,8-15,19,21H,3,6-7,16-18,20H2,1-2H3. The number of nitrogens with zero attached hydrogens (tertiary/aromatic N) is 3. The molecule has 0 radical (unpaired) electrons. The van der Waals surface area contributed by atoms with Crippen molar-refractivity contribution in [2.75, 3.05) is 26.7 Å². The molecule has 4 aromatic rings. The molecule has 0 spiro atoms. The lowest BCUT2D eigenvalue weighted by atomic mass is 9.94. The van der Waals surface area contributed by atoms with Gasteiger partial charge in [0.05, 0.1) is 23.6 Å². The number of halogens is 1. The largest absolute Gasteiger partial charge is 0.496 e. The summed E-state index contributed by atoms with van der Waals surface area (Å²) in [7, 11) is 1.65. The number of para-hydroxylation sites is 1. The van der Waals surface area contributed by atoms with Crippen molar-refractivity contribution in [3.8, 4) is 28.3 Å². The number of aromatic nitrogens is 2. The SMILES string of the molecule is CCN1CCCC(CCn2c(-c3ccccc3OC)nc3ccc(-c4ccc(Cl)cc4)cc3c2=O)C1. The van der Waals surface area contributed by atoms with Crippen LogP contribution in [0.4, 0.5) is 0 Å². The molecule has 186 valence electrons. The fraction of sp³-hybridized carbons (Fsp3) is 0.333. The van der Waals surface area contributed by atoms with E-state index in [4.69, 9.17) is 21.3 Å². The minimum absolute atomic E-state index is 0.0140. The summed E-state index contributed by atoms with van der Waals surface area (Å²) >= 11 is 6.08. The van der Waals surface area contributed by atoms with Crippen LogP contribution in [-0.4, -0.2) is 41.2 Å². The van der Waals surface area contributed by atoms with E-state index in [1.807, 2.05) is 71.3 Å². The molecule has 0 bridgehead atoms. The Morgan fingerprint density at radius 2 is 1.83 bits per heavy atom. The highest BCUT2D eigenvalue weighted by Crippen LogP contribution is 2.31. The summed E-state index contributed by atoms with van der Waals surface area (Å²) in [6.07, 6.45) is 3.37. The fourth-order valence-corrected chi connectivity index (χ4v) is 5.40. The molecule has 0 N–H and O–H groups in total. The number of piperidine rings is 1. The van der Waals surface area contributed by atoms with Crippen LogP contribution >= 0.6 is 11.6 Å². The topological polar surface area (TPSA) is 47.4 Å². The van der Waals surface area contributed by atoms with Crippen LogP contribution in [0.25, 0.3) is 33.4 Å². The lowest BCUT2D eigenvalue weighted by molar-refractivity contribution is 0.172. The zero-order valence-electron chi connectivity index (χ0n) is 20.9. The highest BCUT2D eigenvalue weighted by molar-refractivity contribution is 6.30. The number of rotatable bonds is 7. The van der Waals surface area contributed by atoms with E-state index >= 15 is 0 Å². The molecule has 5 rings (SSSR count). The third-order valence-corrected chi connectivity index (χ3v) is 7.54.